The van der Waals surface area contributed by atoms with E-state index < -0.39 is 23.1 Å². The molecule has 0 aromatic heterocycles. The summed E-state index contributed by atoms with van der Waals surface area (Å²) < 4.78 is 19.8. The number of halogens is 1. The average molecular weight is 385 g/mol. The second-order valence-electron chi connectivity index (χ2n) is 7.41. The van der Waals surface area contributed by atoms with Crippen molar-refractivity contribution in [3.63, 3.8) is 0 Å². The number of nitrogens with zero attached hydrogens (tertiary/aromatic N) is 1. The summed E-state index contributed by atoms with van der Waals surface area (Å²) in [6, 6.07) is 12.2. The van der Waals surface area contributed by atoms with Crippen LogP contribution in [0.1, 0.15) is 28.8 Å². The fraction of sp³-hybridized carbons (Fsp3) is 0.364. The molecule has 1 aliphatic rings. The van der Waals surface area contributed by atoms with Crippen molar-refractivity contribution in [2.75, 3.05) is 26.8 Å². The molecule has 1 fully saturated rings. The first kappa shape index (κ1) is 20.0. The molecule has 0 saturated carbocycles. The predicted octanol–water partition coefficient (Wildman–Crippen LogP) is 3.75. The maximum atomic E-state index is 14.7. The number of likely N-dealkylation sites (tertiary alicyclic amines) is 1. The molecule has 3 rings (SSSR count). The molecule has 1 heterocycles. The molecule has 2 aromatic carbocycles. The molecule has 28 heavy (non-hydrogen) atoms. The topological polar surface area (TPSA) is 66.8 Å². The number of piperidine rings is 1. The number of rotatable bonds is 5. The van der Waals surface area contributed by atoms with Gasteiger partial charge in [-0.15, -0.1) is 0 Å². The molecule has 1 N–H and O–H groups in total. The van der Waals surface area contributed by atoms with Crippen molar-refractivity contribution in [1.82, 2.24) is 4.90 Å². The van der Waals surface area contributed by atoms with Crippen molar-refractivity contribution < 1.29 is 23.8 Å². The minimum Gasteiger partial charge on any atom is -0.481 e. The van der Waals surface area contributed by atoms with Crippen LogP contribution < -0.4 is 0 Å². The second-order valence-corrected chi connectivity index (χ2v) is 7.41. The number of aryl methyl sites for hydroxylation is 1. The summed E-state index contributed by atoms with van der Waals surface area (Å²) in [5, 5.41) is 9.63. The maximum Gasteiger partial charge on any atom is 0.313 e. The Morgan fingerprint density at radius 3 is 2.46 bits per heavy atom. The molecule has 2 aromatic rings. The molecule has 0 spiro atoms. The van der Waals surface area contributed by atoms with Gasteiger partial charge in [-0.05, 0) is 43.0 Å². The zero-order valence-corrected chi connectivity index (χ0v) is 16.1. The Labute approximate surface area is 163 Å². The molecule has 1 saturated heterocycles. The minimum atomic E-state index is -1.15. The quantitative estimate of drug-likeness (QED) is 0.851. The fourth-order valence-corrected chi connectivity index (χ4v) is 3.72. The van der Waals surface area contributed by atoms with Gasteiger partial charge in [-0.1, -0.05) is 35.9 Å². The third-order valence-electron chi connectivity index (χ3n) is 5.32. The molecule has 5 nitrogen and oxygen atoms in total. The lowest BCUT2D eigenvalue weighted by Crippen LogP contribution is -2.52. The average Bonchev–Trinajstić information content (AvgIpc) is 2.68. The van der Waals surface area contributed by atoms with Crippen molar-refractivity contribution in [3.8, 4) is 11.1 Å². The Bertz CT molecular complexity index is 877. The number of amides is 1. The number of carboxylic acids is 1. The lowest BCUT2D eigenvalue weighted by molar-refractivity contribution is -0.155. The molecule has 148 valence electrons. The Morgan fingerprint density at radius 2 is 1.86 bits per heavy atom. The van der Waals surface area contributed by atoms with Crippen LogP contribution in [0.4, 0.5) is 4.39 Å². The van der Waals surface area contributed by atoms with Gasteiger partial charge in [0.15, 0.2) is 0 Å². The highest BCUT2D eigenvalue weighted by Gasteiger charge is 2.44. The Balaban J connectivity index is 1.84. The van der Waals surface area contributed by atoms with Crippen molar-refractivity contribution in [1.29, 1.82) is 0 Å². The number of carbonyl (C=O) groups is 2. The number of aliphatic carboxylic acids is 1. The van der Waals surface area contributed by atoms with Gasteiger partial charge in [-0.2, -0.15) is 0 Å². The molecule has 1 aliphatic heterocycles. The van der Waals surface area contributed by atoms with Crippen molar-refractivity contribution >= 4 is 11.9 Å². The van der Waals surface area contributed by atoms with E-state index in [1.807, 2.05) is 31.2 Å². The number of hydrogen-bond donors (Lipinski definition) is 1. The Hall–Kier alpha value is -2.73. The molecule has 0 aliphatic carbocycles. The number of carbonyl (C=O) groups excluding carboxylic acids is 1. The molecule has 1 amide bonds. The lowest BCUT2D eigenvalue weighted by Gasteiger charge is -2.39. The summed E-state index contributed by atoms with van der Waals surface area (Å²) in [6.45, 7) is 2.40. The van der Waals surface area contributed by atoms with Crippen molar-refractivity contribution in [3.05, 3.63) is 59.4 Å². The maximum absolute atomic E-state index is 14.7. The van der Waals surface area contributed by atoms with Crippen LogP contribution in [0.15, 0.2) is 42.5 Å². The Morgan fingerprint density at radius 1 is 1.18 bits per heavy atom. The SMILES string of the molecule is COCC1(C(=O)O)CCCN(C(=O)c2ccc(-c3ccc(C)cc3)cc2F)C1. The van der Waals surface area contributed by atoms with Crippen molar-refractivity contribution in [2.24, 2.45) is 5.41 Å². The summed E-state index contributed by atoms with van der Waals surface area (Å²) in [4.78, 5) is 26.1. The van der Waals surface area contributed by atoms with Crippen molar-refractivity contribution in [2.45, 2.75) is 19.8 Å². The molecular formula is C22H24FNO4. The number of ether oxygens (including phenoxy) is 1. The third kappa shape index (κ3) is 3.92. The van der Waals surface area contributed by atoms with Crippen LogP contribution in [0, 0.1) is 18.2 Å². The van der Waals surface area contributed by atoms with Gasteiger partial charge in [-0.3, -0.25) is 9.59 Å². The van der Waals surface area contributed by atoms with E-state index in [0.717, 1.165) is 11.1 Å². The Kier molecular flexibility index (Phi) is 5.79. The van der Waals surface area contributed by atoms with Crippen LogP contribution in [0.2, 0.25) is 0 Å². The van der Waals surface area contributed by atoms with Crippen LogP contribution in [0.3, 0.4) is 0 Å². The second kappa shape index (κ2) is 8.10. The highest BCUT2D eigenvalue weighted by Crippen LogP contribution is 2.32. The van der Waals surface area contributed by atoms with Crippen LogP contribution >= 0.6 is 0 Å². The van der Waals surface area contributed by atoms with Crippen LogP contribution in [-0.4, -0.2) is 48.7 Å². The lowest BCUT2D eigenvalue weighted by atomic mass is 9.80. The number of methoxy groups -OCH3 is 1. The monoisotopic (exact) mass is 385 g/mol. The van der Waals surface area contributed by atoms with Gasteiger partial charge in [0.05, 0.1) is 12.2 Å². The summed E-state index contributed by atoms with van der Waals surface area (Å²) in [7, 11) is 1.44. The first-order valence-electron chi connectivity index (χ1n) is 9.24. The third-order valence-corrected chi connectivity index (χ3v) is 5.32. The van der Waals surface area contributed by atoms with E-state index in [0.29, 0.717) is 24.9 Å². The van der Waals surface area contributed by atoms with E-state index in [-0.39, 0.29) is 18.7 Å². The van der Waals surface area contributed by atoms with E-state index in [1.165, 1.54) is 24.1 Å². The normalized spacial score (nSPS) is 19.5. The van der Waals surface area contributed by atoms with Gasteiger partial charge >= 0.3 is 5.97 Å². The van der Waals surface area contributed by atoms with E-state index in [4.69, 9.17) is 4.74 Å². The van der Waals surface area contributed by atoms with Gasteiger partial charge < -0.3 is 14.7 Å². The first-order chi connectivity index (χ1) is 13.4. The molecule has 6 heteroatoms. The van der Waals surface area contributed by atoms with E-state index in [9.17, 15) is 19.1 Å². The first-order valence-corrected chi connectivity index (χ1v) is 9.24. The minimum absolute atomic E-state index is 0.00810. The predicted molar refractivity (Wildman–Crippen MR) is 104 cm³/mol. The largest absolute Gasteiger partial charge is 0.481 e. The molecule has 0 radical (unpaired) electrons. The van der Waals surface area contributed by atoms with Gasteiger partial charge in [-0.25, -0.2) is 4.39 Å². The summed E-state index contributed by atoms with van der Waals surface area (Å²) in [6.07, 6.45) is 0.958. The van der Waals surface area contributed by atoms with Gasteiger partial charge in [0, 0.05) is 20.2 Å². The summed E-state index contributed by atoms with van der Waals surface area (Å²) in [5.74, 6) is -2.10. The molecule has 1 unspecified atom stereocenters. The van der Waals surface area contributed by atoms with E-state index in [2.05, 4.69) is 0 Å². The fourth-order valence-electron chi connectivity index (χ4n) is 3.72. The summed E-state index contributed by atoms with van der Waals surface area (Å²) in [5.41, 5.74) is 1.47. The molecule has 1 atom stereocenters. The highest BCUT2D eigenvalue weighted by molar-refractivity contribution is 5.95. The smallest absolute Gasteiger partial charge is 0.313 e. The van der Waals surface area contributed by atoms with E-state index >= 15 is 0 Å². The van der Waals surface area contributed by atoms with Gasteiger partial charge in [0.1, 0.15) is 11.2 Å². The zero-order chi connectivity index (χ0) is 20.3. The van der Waals surface area contributed by atoms with Gasteiger partial charge in [0.2, 0.25) is 0 Å². The number of carboxylic acid groups (broad SMARTS) is 1. The zero-order valence-electron chi connectivity index (χ0n) is 16.1. The molecular weight excluding hydrogens is 361 g/mol. The highest BCUT2D eigenvalue weighted by atomic mass is 19.1. The van der Waals surface area contributed by atoms with E-state index in [1.54, 1.807) is 6.07 Å². The molecule has 0 bridgehead atoms. The van der Waals surface area contributed by atoms with Crippen LogP contribution in [0.5, 0.6) is 0 Å². The number of benzene rings is 2. The van der Waals surface area contributed by atoms with Crippen LogP contribution in [0.25, 0.3) is 11.1 Å². The van der Waals surface area contributed by atoms with Crippen LogP contribution in [-0.2, 0) is 9.53 Å². The summed E-state index contributed by atoms with van der Waals surface area (Å²) >= 11 is 0. The number of hydrogen-bond acceptors (Lipinski definition) is 3. The van der Waals surface area contributed by atoms with Gasteiger partial charge in [0.25, 0.3) is 5.91 Å². The standard InChI is InChI=1S/C22H24FNO4/c1-15-4-6-16(7-5-15)17-8-9-18(19(23)12-17)20(25)24-11-3-10-22(13-24,14-28-2)21(26)27/h4-9,12H,3,10-11,13-14H2,1-2H3,(H,26,27).